The molecule has 0 fully saturated rings. The molecular weight excluding hydrogens is 238 g/mol. The number of aryl methyl sites for hydroxylation is 4. The van der Waals surface area contributed by atoms with Crippen molar-refractivity contribution in [1.82, 2.24) is 14.3 Å². The van der Waals surface area contributed by atoms with E-state index in [1.54, 1.807) is 0 Å². The number of rotatable bonds is 3. The first-order chi connectivity index (χ1) is 9.22. The fourth-order valence-corrected chi connectivity index (χ4v) is 2.88. The van der Waals surface area contributed by atoms with Crippen LogP contribution >= 0.6 is 0 Å². The van der Waals surface area contributed by atoms with Gasteiger partial charge >= 0.3 is 0 Å². The molecule has 0 saturated heterocycles. The summed E-state index contributed by atoms with van der Waals surface area (Å²) in [6, 6.07) is 0. The molecule has 102 valence electrons. The zero-order valence-electron chi connectivity index (χ0n) is 11.4. The van der Waals surface area contributed by atoms with Gasteiger partial charge in [0.15, 0.2) is 0 Å². The molecule has 0 spiro atoms. The number of hydrogen-bond acceptors (Lipinski definition) is 2. The van der Waals surface area contributed by atoms with Crippen LogP contribution in [0.15, 0.2) is 24.8 Å². The van der Waals surface area contributed by atoms with Crippen molar-refractivity contribution >= 4 is 0 Å². The molecule has 0 aliphatic heterocycles. The van der Waals surface area contributed by atoms with E-state index in [0.717, 1.165) is 37.8 Å². The summed E-state index contributed by atoms with van der Waals surface area (Å²) in [4.78, 5) is 0. The summed E-state index contributed by atoms with van der Waals surface area (Å²) in [5.74, 6) is 0. The molecule has 0 aromatic carbocycles. The number of hydrogen-bond donors (Lipinski definition) is 1. The summed E-state index contributed by atoms with van der Waals surface area (Å²) >= 11 is 0. The monoisotopic (exact) mass is 259 g/mol. The molecule has 1 N–H and O–H groups in total. The number of aliphatic hydroxyl groups excluding tert-OH is 1. The Morgan fingerprint density at radius 1 is 1.32 bits per heavy atom. The van der Waals surface area contributed by atoms with Crippen LogP contribution in [0.3, 0.4) is 0 Å². The van der Waals surface area contributed by atoms with E-state index in [1.807, 2.05) is 17.9 Å². The third kappa shape index (κ3) is 2.73. The Morgan fingerprint density at radius 2 is 2.21 bits per heavy atom. The Bertz CT molecular complexity index is 555. The second kappa shape index (κ2) is 5.21. The summed E-state index contributed by atoms with van der Waals surface area (Å²) in [5.41, 5.74) is 3.73. The Morgan fingerprint density at radius 3 is 3.00 bits per heavy atom. The van der Waals surface area contributed by atoms with Gasteiger partial charge in [0, 0.05) is 37.7 Å². The predicted octanol–water partition coefficient (Wildman–Crippen LogP) is 2.22. The average molecular weight is 259 g/mol. The molecule has 1 aliphatic rings. The van der Waals surface area contributed by atoms with Gasteiger partial charge in [0.25, 0.3) is 0 Å². The topological polar surface area (TPSA) is 43.0 Å². The van der Waals surface area contributed by atoms with Crippen LogP contribution in [-0.4, -0.2) is 19.5 Å². The van der Waals surface area contributed by atoms with E-state index in [4.69, 9.17) is 0 Å². The third-order valence-electron chi connectivity index (χ3n) is 3.95. The van der Waals surface area contributed by atoms with Crippen LogP contribution in [-0.2, 0) is 26.4 Å². The second-order valence-electron chi connectivity index (χ2n) is 5.51. The first-order valence-electron chi connectivity index (χ1n) is 7.06. The number of fused-ring (bicyclic) bond motifs is 1. The van der Waals surface area contributed by atoms with E-state index in [2.05, 4.69) is 28.3 Å². The van der Waals surface area contributed by atoms with Gasteiger partial charge in [-0.3, -0.25) is 4.68 Å². The van der Waals surface area contributed by atoms with Gasteiger partial charge in [0.05, 0.1) is 12.3 Å². The van der Waals surface area contributed by atoms with Crippen LogP contribution in [0.5, 0.6) is 0 Å². The lowest BCUT2D eigenvalue weighted by molar-refractivity contribution is 0.166. The van der Waals surface area contributed by atoms with Gasteiger partial charge in [0.2, 0.25) is 0 Å². The molecule has 1 unspecified atom stereocenters. The highest BCUT2D eigenvalue weighted by Crippen LogP contribution is 2.29. The van der Waals surface area contributed by atoms with Crippen molar-refractivity contribution in [2.45, 2.75) is 44.8 Å². The minimum absolute atomic E-state index is 0.267. The first kappa shape index (κ1) is 12.5. The zero-order chi connectivity index (χ0) is 13.2. The van der Waals surface area contributed by atoms with Crippen molar-refractivity contribution in [3.05, 3.63) is 41.5 Å². The van der Waals surface area contributed by atoms with E-state index in [9.17, 15) is 5.11 Å². The Hall–Kier alpha value is -1.55. The molecule has 2 aromatic rings. The zero-order valence-corrected chi connectivity index (χ0v) is 11.4. The molecule has 2 heterocycles. The maximum Gasteiger partial charge on any atom is 0.0807 e. The lowest BCUT2D eigenvalue weighted by Gasteiger charge is -2.06. The highest BCUT2D eigenvalue weighted by Gasteiger charge is 2.18. The number of nitrogens with zero attached hydrogens (tertiary/aromatic N) is 3. The van der Waals surface area contributed by atoms with Crippen LogP contribution in [0.1, 0.15) is 42.1 Å². The van der Waals surface area contributed by atoms with Gasteiger partial charge < -0.3 is 9.67 Å². The van der Waals surface area contributed by atoms with E-state index in [0.29, 0.717) is 0 Å². The summed E-state index contributed by atoms with van der Waals surface area (Å²) in [6.45, 7) is 0.950. The molecule has 0 amide bonds. The quantitative estimate of drug-likeness (QED) is 0.859. The molecule has 19 heavy (non-hydrogen) atoms. The SMILES string of the molecule is Cn1cc(CCn2cc3c(c2)C(O)CCCC3)cn1. The summed E-state index contributed by atoms with van der Waals surface area (Å²) in [7, 11) is 1.94. The number of aliphatic hydroxyl groups is 1. The Labute approximate surface area is 113 Å². The smallest absolute Gasteiger partial charge is 0.0807 e. The highest BCUT2D eigenvalue weighted by molar-refractivity contribution is 5.28. The molecule has 4 nitrogen and oxygen atoms in total. The summed E-state index contributed by atoms with van der Waals surface area (Å²) < 4.78 is 4.05. The molecule has 4 heteroatoms. The minimum atomic E-state index is -0.267. The lowest BCUT2D eigenvalue weighted by Crippen LogP contribution is -1.99. The Kier molecular flexibility index (Phi) is 3.42. The van der Waals surface area contributed by atoms with Gasteiger partial charge in [0.1, 0.15) is 0 Å². The normalized spacial score (nSPS) is 19.2. The fraction of sp³-hybridized carbons (Fsp3) is 0.533. The van der Waals surface area contributed by atoms with E-state index in [-0.39, 0.29) is 6.10 Å². The predicted molar refractivity (Wildman–Crippen MR) is 73.9 cm³/mol. The standard InChI is InChI=1S/C15H21N3O/c1-17-9-12(8-16-17)6-7-18-10-13-4-2-3-5-15(19)14(13)11-18/h8-11,15,19H,2-7H2,1H3. The van der Waals surface area contributed by atoms with E-state index in [1.165, 1.54) is 17.5 Å². The van der Waals surface area contributed by atoms with Crippen LogP contribution in [0.2, 0.25) is 0 Å². The van der Waals surface area contributed by atoms with Crippen LogP contribution < -0.4 is 0 Å². The molecule has 1 atom stereocenters. The van der Waals surface area contributed by atoms with Gasteiger partial charge in [-0.25, -0.2) is 0 Å². The van der Waals surface area contributed by atoms with E-state index < -0.39 is 0 Å². The maximum absolute atomic E-state index is 10.1. The Balaban J connectivity index is 1.70. The van der Waals surface area contributed by atoms with Crippen molar-refractivity contribution in [3.8, 4) is 0 Å². The highest BCUT2D eigenvalue weighted by atomic mass is 16.3. The van der Waals surface area contributed by atoms with Crippen molar-refractivity contribution < 1.29 is 5.11 Å². The lowest BCUT2D eigenvalue weighted by atomic mass is 10.1. The average Bonchev–Trinajstić information content (AvgIpc) is 2.95. The van der Waals surface area contributed by atoms with Crippen molar-refractivity contribution in [2.75, 3.05) is 0 Å². The van der Waals surface area contributed by atoms with Crippen molar-refractivity contribution in [2.24, 2.45) is 7.05 Å². The molecule has 3 rings (SSSR count). The van der Waals surface area contributed by atoms with Crippen LogP contribution in [0.25, 0.3) is 0 Å². The largest absolute Gasteiger partial charge is 0.388 e. The molecule has 0 saturated carbocycles. The first-order valence-corrected chi connectivity index (χ1v) is 7.06. The van der Waals surface area contributed by atoms with E-state index >= 15 is 0 Å². The fourth-order valence-electron chi connectivity index (χ4n) is 2.88. The van der Waals surface area contributed by atoms with Crippen LogP contribution in [0.4, 0.5) is 0 Å². The molecular formula is C15H21N3O. The maximum atomic E-state index is 10.1. The number of aromatic nitrogens is 3. The summed E-state index contributed by atoms with van der Waals surface area (Å²) in [6.07, 6.45) is 13.4. The molecule has 2 aromatic heterocycles. The molecule has 0 radical (unpaired) electrons. The van der Waals surface area contributed by atoms with Crippen molar-refractivity contribution in [3.63, 3.8) is 0 Å². The van der Waals surface area contributed by atoms with Gasteiger partial charge in [-0.2, -0.15) is 5.10 Å². The van der Waals surface area contributed by atoms with Crippen molar-refractivity contribution in [1.29, 1.82) is 0 Å². The van der Waals surface area contributed by atoms with Gasteiger partial charge in [-0.1, -0.05) is 6.42 Å². The minimum Gasteiger partial charge on any atom is -0.388 e. The van der Waals surface area contributed by atoms with Gasteiger partial charge in [-0.15, -0.1) is 0 Å². The van der Waals surface area contributed by atoms with Gasteiger partial charge in [-0.05, 0) is 36.8 Å². The molecule has 0 bridgehead atoms. The van der Waals surface area contributed by atoms with Crippen LogP contribution in [0, 0.1) is 0 Å². The molecule has 1 aliphatic carbocycles. The second-order valence-corrected chi connectivity index (χ2v) is 5.51. The third-order valence-corrected chi connectivity index (χ3v) is 3.95. The summed E-state index contributed by atoms with van der Waals surface area (Å²) in [5, 5.41) is 14.3.